The summed E-state index contributed by atoms with van der Waals surface area (Å²) in [7, 11) is 1.68. The Morgan fingerprint density at radius 2 is 1.71 bits per heavy atom. The van der Waals surface area contributed by atoms with E-state index in [9.17, 15) is 0 Å². The molecule has 2 nitrogen and oxygen atoms in total. The largest absolute Gasteiger partial charge is 0.497 e. The Hall–Kier alpha value is -1.48. The third-order valence-corrected chi connectivity index (χ3v) is 3.73. The highest BCUT2D eigenvalue weighted by Gasteiger charge is 2.01. The van der Waals surface area contributed by atoms with Crippen molar-refractivity contribution in [1.29, 1.82) is 0 Å². The second-order valence-electron chi connectivity index (χ2n) is 5.65. The molecule has 0 amide bonds. The van der Waals surface area contributed by atoms with Crippen molar-refractivity contribution >= 4 is 21.6 Å². The van der Waals surface area contributed by atoms with Gasteiger partial charge in [-0.1, -0.05) is 54.0 Å². The van der Waals surface area contributed by atoms with Gasteiger partial charge in [-0.05, 0) is 35.6 Å². The number of benzene rings is 2. The first kappa shape index (κ1) is 15.9. The molecule has 2 rings (SSSR count). The molecule has 0 spiro atoms. The van der Waals surface area contributed by atoms with Crippen molar-refractivity contribution in [2.45, 2.75) is 26.8 Å². The van der Waals surface area contributed by atoms with E-state index in [1.54, 1.807) is 7.11 Å². The Morgan fingerprint density at radius 3 is 2.33 bits per heavy atom. The first-order valence-corrected chi connectivity index (χ1v) is 8.02. The molecule has 0 aliphatic carbocycles. The lowest BCUT2D eigenvalue weighted by atomic mass is 10.0. The summed E-state index contributed by atoms with van der Waals surface area (Å²) >= 11 is 3.49. The molecule has 3 heteroatoms. The van der Waals surface area contributed by atoms with Crippen molar-refractivity contribution in [2.24, 2.45) is 5.92 Å². The smallest absolute Gasteiger partial charge is 0.122 e. The first-order chi connectivity index (χ1) is 10.1. The lowest BCUT2D eigenvalue weighted by Crippen LogP contribution is -2.00. The van der Waals surface area contributed by atoms with Crippen LogP contribution in [0.5, 0.6) is 5.75 Å². The second kappa shape index (κ2) is 7.51. The maximum atomic E-state index is 5.27. The Morgan fingerprint density at radius 1 is 1.05 bits per heavy atom. The fourth-order valence-electron chi connectivity index (χ4n) is 2.25. The molecule has 0 heterocycles. The maximum absolute atomic E-state index is 5.27. The standard InChI is InChI=1S/C18H22BrNO/c1-13(2)8-14-4-6-15(7-5-14)12-20-17-9-16(19)10-18(11-17)21-3/h4-7,9-11,13,20H,8,12H2,1-3H3. The summed E-state index contributed by atoms with van der Waals surface area (Å²) in [5.41, 5.74) is 3.73. The summed E-state index contributed by atoms with van der Waals surface area (Å²) < 4.78 is 6.28. The van der Waals surface area contributed by atoms with Crippen molar-refractivity contribution in [3.63, 3.8) is 0 Å². The Bertz CT molecular complexity index is 578. The van der Waals surface area contributed by atoms with Gasteiger partial charge in [-0.3, -0.25) is 0 Å². The monoisotopic (exact) mass is 347 g/mol. The van der Waals surface area contributed by atoms with E-state index in [1.807, 2.05) is 12.1 Å². The van der Waals surface area contributed by atoms with Crippen LogP contribution in [0.1, 0.15) is 25.0 Å². The highest BCUT2D eigenvalue weighted by molar-refractivity contribution is 9.10. The molecule has 0 aliphatic rings. The van der Waals surface area contributed by atoms with Gasteiger partial charge in [0.15, 0.2) is 0 Å². The van der Waals surface area contributed by atoms with E-state index in [4.69, 9.17) is 4.74 Å². The summed E-state index contributed by atoms with van der Waals surface area (Å²) in [6.07, 6.45) is 1.14. The van der Waals surface area contributed by atoms with Gasteiger partial charge >= 0.3 is 0 Å². The molecule has 0 atom stereocenters. The van der Waals surface area contributed by atoms with Gasteiger partial charge in [0, 0.05) is 22.8 Å². The fourth-order valence-corrected chi connectivity index (χ4v) is 2.72. The number of rotatable bonds is 6. The van der Waals surface area contributed by atoms with Crippen molar-refractivity contribution in [3.05, 3.63) is 58.1 Å². The van der Waals surface area contributed by atoms with Crippen LogP contribution in [0.25, 0.3) is 0 Å². The Balaban J connectivity index is 1.98. The minimum absolute atomic E-state index is 0.697. The lowest BCUT2D eigenvalue weighted by Gasteiger charge is -2.10. The summed E-state index contributed by atoms with van der Waals surface area (Å²) in [4.78, 5) is 0. The van der Waals surface area contributed by atoms with Crippen molar-refractivity contribution in [3.8, 4) is 5.75 Å². The molecule has 0 saturated carbocycles. The van der Waals surface area contributed by atoms with Gasteiger partial charge in [0.25, 0.3) is 0 Å². The number of hydrogen-bond donors (Lipinski definition) is 1. The number of methoxy groups -OCH3 is 1. The van der Waals surface area contributed by atoms with Crippen molar-refractivity contribution in [2.75, 3.05) is 12.4 Å². The van der Waals surface area contributed by atoms with Gasteiger partial charge in [0.05, 0.1) is 7.11 Å². The van der Waals surface area contributed by atoms with Crippen molar-refractivity contribution < 1.29 is 4.74 Å². The van der Waals surface area contributed by atoms with Crippen LogP contribution in [0.2, 0.25) is 0 Å². The third-order valence-electron chi connectivity index (χ3n) is 3.27. The highest BCUT2D eigenvalue weighted by Crippen LogP contribution is 2.24. The van der Waals surface area contributed by atoms with E-state index in [0.29, 0.717) is 5.92 Å². The van der Waals surface area contributed by atoms with Crippen LogP contribution in [0.15, 0.2) is 46.9 Å². The number of nitrogens with one attached hydrogen (secondary N) is 1. The number of anilines is 1. The molecule has 1 N–H and O–H groups in total. The van der Waals surface area contributed by atoms with E-state index in [2.05, 4.69) is 65.4 Å². The molecule has 21 heavy (non-hydrogen) atoms. The predicted octanol–water partition coefficient (Wildman–Crippen LogP) is 5.27. The molecule has 2 aromatic rings. The summed E-state index contributed by atoms with van der Waals surface area (Å²) in [5, 5.41) is 3.43. The topological polar surface area (TPSA) is 21.3 Å². The second-order valence-corrected chi connectivity index (χ2v) is 6.56. The van der Waals surface area contributed by atoms with Crippen LogP contribution in [-0.4, -0.2) is 7.11 Å². The van der Waals surface area contributed by atoms with Crippen LogP contribution in [0.3, 0.4) is 0 Å². The van der Waals surface area contributed by atoms with Crippen LogP contribution < -0.4 is 10.1 Å². The van der Waals surface area contributed by atoms with Gasteiger partial charge in [-0.25, -0.2) is 0 Å². The molecule has 0 unspecified atom stereocenters. The van der Waals surface area contributed by atoms with E-state index in [-0.39, 0.29) is 0 Å². The molecule has 0 aromatic heterocycles. The summed E-state index contributed by atoms with van der Waals surface area (Å²) in [6, 6.07) is 14.8. The molecule has 0 saturated heterocycles. The Kier molecular flexibility index (Phi) is 5.68. The SMILES string of the molecule is COc1cc(Br)cc(NCc2ccc(CC(C)C)cc2)c1. The van der Waals surface area contributed by atoms with E-state index in [0.717, 1.165) is 28.9 Å². The van der Waals surface area contributed by atoms with Crippen LogP contribution in [0, 0.1) is 5.92 Å². The number of halogens is 1. The van der Waals surface area contributed by atoms with E-state index < -0.39 is 0 Å². The van der Waals surface area contributed by atoms with Gasteiger partial charge < -0.3 is 10.1 Å². The van der Waals surface area contributed by atoms with Crippen LogP contribution in [0.4, 0.5) is 5.69 Å². The molecule has 112 valence electrons. The van der Waals surface area contributed by atoms with Gasteiger partial charge in [0.2, 0.25) is 0 Å². The predicted molar refractivity (Wildman–Crippen MR) is 93.0 cm³/mol. The van der Waals surface area contributed by atoms with Crippen molar-refractivity contribution in [1.82, 2.24) is 0 Å². The van der Waals surface area contributed by atoms with Crippen LogP contribution >= 0.6 is 15.9 Å². The third kappa shape index (κ3) is 5.09. The number of hydrogen-bond acceptors (Lipinski definition) is 2. The van der Waals surface area contributed by atoms with E-state index in [1.165, 1.54) is 11.1 Å². The van der Waals surface area contributed by atoms with Gasteiger partial charge in [-0.2, -0.15) is 0 Å². The molecule has 0 aliphatic heterocycles. The van der Waals surface area contributed by atoms with Gasteiger partial charge in [-0.15, -0.1) is 0 Å². The zero-order valence-electron chi connectivity index (χ0n) is 12.8. The van der Waals surface area contributed by atoms with Crippen LogP contribution in [-0.2, 0) is 13.0 Å². The maximum Gasteiger partial charge on any atom is 0.122 e. The Labute approximate surface area is 135 Å². The zero-order chi connectivity index (χ0) is 15.2. The average molecular weight is 348 g/mol. The molecular formula is C18H22BrNO. The molecular weight excluding hydrogens is 326 g/mol. The molecule has 2 aromatic carbocycles. The van der Waals surface area contributed by atoms with Gasteiger partial charge in [0.1, 0.15) is 5.75 Å². The molecule has 0 radical (unpaired) electrons. The fraction of sp³-hybridized carbons (Fsp3) is 0.333. The zero-order valence-corrected chi connectivity index (χ0v) is 14.4. The average Bonchev–Trinajstić information content (AvgIpc) is 2.45. The highest BCUT2D eigenvalue weighted by atomic mass is 79.9. The summed E-state index contributed by atoms with van der Waals surface area (Å²) in [5.74, 6) is 1.54. The molecule has 0 fully saturated rings. The minimum Gasteiger partial charge on any atom is -0.497 e. The summed E-state index contributed by atoms with van der Waals surface area (Å²) in [6.45, 7) is 5.30. The lowest BCUT2D eigenvalue weighted by molar-refractivity contribution is 0.414. The minimum atomic E-state index is 0.697. The molecule has 0 bridgehead atoms. The van der Waals surface area contributed by atoms with E-state index >= 15 is 0 Å². The first-order valence-electron chi connectivity index (χ1n) is 7.23. The quantitative estimate of drug-likeness (QED) is 0.768. The normalized spacial score (nSPS) is 10.7. The number of ether oxygens (including phenoxy) is 1.